The molecule has 0 spiro atoms. The molecule has 1 aromatic carbocycles. The van der Waals surface area contributed by atoms with E-state index in [4.69, 9.17) is 5.73 Å². The molecule has 0 aliphatic carbocycles. The topological polar surface area (TPSA) is 142 Å². The number of amides is 3. The smallest absolute Gasteiger partial charge is 0.327 e. The summed E-state index contributed by atoms with van der Waals surface area (Å²) in [5, 5.41) is 14.4. The van der Waals surface area contributed by atoms with Gasteiger partial charge in [0.2, 0.25) is 17.7 Å². The van der Waals surface area contributed by atoms with Crippen LogP contribution in [0.25, 0.3) is 0 Å². The lowest BCUT2D eigenvalue weighted by molar-refractivity contribution is -0.144. The number of hydrogen-bond donors (Lipinski definition) is 5. The fraction of sp³-hybridized carbons (Fsp3) is 0.565. The van der Waals surface area contributed by atoms with Crippen LogP contribution in [-0.2, 0) is 25.6 Å². The highest BCUT2D eigenvalue weighted by molar-refractivity contribution is 7.80. The van der Waals surface area contributed by atoms with Gasteiger partial charge in [-0.2, -0.15) is 12.6 Å². The van der Waals surface area contributed by atoms with Crippen LogP contribution in [0.5, 0.6) is 0 Å². The quantitative estimate of drug-likeness (QED) is 0.295. The third kappa shape index (κ3) is 7.75. The summed E-state index contributed by atoms with van der Waals surface area (Å²) in [4.78, 5) is 51.5. The average Bonchev–Trinajstić information content (AvgIpc) is 3.26. The lowest BCUT2D eigenvalue weighted by atomic mass is 10.0. The van der Waals surface area contributed by atoms with E-state index >= 15 is 0 Å². The largest absolute Gasteiger partial charge is 0.480 e. The predicted octanol–water partition coefficient (Wildman–Crippen LogP) is 0.578. The Bertz CT molecular complexity index is 835. The van der Waals surface area contributed by atoms with E-state index in [1.54, 1.807) is 0 Å². The van der Waals surface area contributed by atoms with Crippen molar-refractivity contribution in [1.82, 2.24) is 15.5 Å². The average molecular weight is 479 g/mol. The molecule has 0 saturated carbocycles. The zero-order valence-electron chi connectivity index (χ0n) is 19.1. The molecule has 182 valence electrons. The fourth-order valence-electron chi connectivity index (χ4n) is 3.89. The third-order valence-electron chi connectivity index (χ3n) is 5.59. The summed E-state index contributed by atoms with van der Waals surface area (Å²) in [5.74, 6) is -2.46. The number of nitrogens with one attached hydrogen (secondary N) is 2. The van der Waals surface area contributed by atoms with Crippen LogP contribution in [0, 0.1) is 5.92 Å². The molecule has 1 fully saturated rings. The second-order valence-electron chi connectivity index (χ2n) is 8.76. The number of nitrogens with zero attached hydrogens (tertiary/aromatic N) is 1. The first-order valence-corrected chi connectivity index (χ1v) is 11.8. The van der Waals surface area contributed by atoms with Gasteiger partial charge in [0.25, 0.3) is 0 Å². The number of nitrogens with two attached hydrogens (primary N) is 1. The van der Waals surface area contributed by atoms with Gasteiger partial charge in [0, 0.05) is 12.3 Å². The highest BCUT2D eigenvalue weighted by Gasteiger charge is 2.39. The molecule has 9 nitrogen and oxygen atoms in total. The molecule has 0 aromatic heterocycles. The summed E-state index contributed by atoms with van der Waals surface area (Å²) < 4.78 is 0. The van der Waals surface area contributed by atoms with Gasteiger partial charge in [-0.05, 0) is 37.2 Å². The molecule has 10 heteroatoms. The maximum absolute atomic E-state index is 13.4. The Balaban J connectivity index is 2.09. The van der Waals surface area contributed by atoms with Crippen LogP contribution in [0.1, 0.15) is 38.7 Å². The van der Waals surface area contributed by atoms with Gasteiger partial charge in [0.05, 0.1) is 6.04 Å². The van der Waals surface area contributed by atoms with Crippen molar-refractivity contribution < 1.29 is 24.3 Å². The van der Waals surface area contributed by atoms with Crippen molar-refractivity contribution in [2.75, 3.05) is 12.3 Å². The van der Waals surface area contributed by atoms with Crippen molar-refractivity contribution in [3.63, 3.8) is 0 Å². The number of benzene rings is 1. The molecule has 1 saturated heterocycles. The van der Waals surface area contributed by atoms with Crippen molar-refractivity contribution in [2.24, 2.45) is 11.7 Å². The lowest BCUT2D eigenvalue weighted by Gasteiger charge is -2.30. The molecule has 0 radical (unpaired) electrons. The first kappa shape index (κ1) is 26.7. The van der Waals surface area contributed by atoms with E-state index in [9.17, 15) is 24.3 Å². The highest BCUT2D eigenvalue weighted by Crippen LogP contribution is 2.21. The van der Waals surface area contributed by atoms with Crippen molar-refractivity contribution in [1.29, 1.82) is 0 Å². The molecule has 0 bridgehead atoms. The van der Waals surface area contributed by atoms with E-state index in [0.29, 0.717) is 32.2 Å². The third-order valence-corrected chi connectivity index (χ3v) is 5.96. The summed E-state index contributed by atoms with van der Waals surface area (Å²) in [6, 6.07) is 5.80. The van der Waals surface area contributed by atoms with Crippen LogP contribution in [0.2, 0.25) is 0 Å². The number of carbonyl (C=O) groups is 4. The van der Waals surface area contributed by atoms with Crippen LogP contribution in [0.3, 0.4) is 0 Å². The van der Waals surface area contributed by atoms with Gasteiger partial charge in [0.15, 0.2) is 0 Å². The van der Waals surface area contributed by atoms with Crippen molar-refractivity contribution in [3.05, 3.63) is 35.9 Å². The fourth-order valence-corrected chi connectivity index (χ4v) is 4.14. The Morgan fingerprint density at radius 1 is 1.15 bits per heavy atom. The van der Waals surface area contributed by atoms with Gasteiger partial charge < -0.3 is 26.4 Å². The van der Waals surface area contributed by atoms with Crippen LogP contribution in [0.4, 0.5) is 0 Å². The first-order chi connectivity index (χ1) is 15.6. The van der Waals surface area contributed by atoms with Crippen LogP contribution >= 0.6 is 12.6 Å². The van der Waals surface area contributed by atoms with E-state index in [2.05, 4.69) is 23.3 Å². The van der Waals surface area contributed by atoms with Gasteiger partial charge in [-0.1, -0.05) is 44.2 Å². The molecule has 3 amide bonds. The number of thiol groups is 1. The molecule has 4 atom stereocenters. The molecule has 33 heavy (non-hydrogen) atoms. The first-order valence-electron chi connectivity index (χ1n) is 11.2. The Labute approximate surface area is 199 Å². The second kappa shape index (κ2) is 12.6. The number of carbonyl (C=O) groups excluding carboxylic acids is 3. The van der Waals surface area contributed by atoms with E-state index in [-0.39, 0.29) is 17.6 Å². The molecule has 5 N–H and O–H groups in total. The number of likely N-dealkylation sites (tertiary alicyclic amines) is 1. The monoisotopic (exact) mass is 478 g/mol. The highest BCUT2D eigenvalue weighted by atomic mass is 32.1. The maximum Gasteiger partial charge on any atom is 0.327 e. The molecule has 1 heterocycles. The summed E-state index contributed by atoms with van der Waals surface area (Å²) in [7, 11) is 0. The van der Waals surface area contributed by atoms with E-state index in [1.165, 1.54) is 4.90 Å². The van der Waals surface area contributed by atoms with E-state index < -0.39 is 42.0 Å². The van der Waals surface area contributed by atoms with Gasteiger partial charge in [-0.3, -0.25) is 14.4 Å². The van der Waals surface area contributed by atoms with Crippen LogP contribution in [-0.4, -0.2) is 70.2 Å². The maximum atomic E-state index is 13.4. The molecular weight excluding hydrogens is 444 g/mol. The molecule has 2 rings (SSSR count). The van der Waals surface area contributed by atoms with Crippen LogP contribution in [0.15, 0.2) is 30.3 Å². The minimum absolute atomic E-state index is 0.0624. The summed E-state index contributed by atoms with van der Waals surface area (Å²) in [6.07, 6.45) is 1.76. The minimum Gasteiger partial charge on any atom is -0.480 e. The van der Waals surface area contributed by atoms with Gasteiger partial charge in [-0.15, -0.1) is 0 Å². The normalized spacial score (nSPS) is 18.5. The van der Waals surface area contributed by atoms with Crippen LogP contribution < -0.4 is 16.4 Å². The zero-order valence-corrected chi connectivity index (χ0v) is 20.0. The second-order valence-corrected chi connectivity index (χ2v) is 9.12. The number of carboxylic acids is 1. The number of hydrogen-bond acceptors (Lipinski definition) is 6. The van der Waals surface area contributed by atoms with Gasteiger partial charge in [0.1, 0.15) is 18.1 Å². The molecule has 1 aliphatic heterocycles. The zero-order chi connectivity index (χ0) is 24.5. The summed E-state index contributed by atoms with van der Waals surface area (Å²) in [6.45, 7) is 4.24. The van der Waals surface area contributed by atoms with E-state index in [0.717, 1.165) is 5.56 Å². The SMILES string of the molecule is CC(C)CC(NC(=O)C(N)Cc1ccccc1)C(=O)N1CCCC1C(=O)NC(CS)C(=O)O. The lowest BCUT2D eigenvalue weighted by Crippen LogP contribution is -2.57. The molecule has 1 aliphatic rings. The van der Waals surface area contributed by atoms with Crippen molar-refractivity contribution in [3.8, 4) is 0 Å². The van der Waals surface area contributed by atoms with Gasteiger partial charge >= 0.3 is 5.97 Å². The standard InChI is InChI=1S/C23H34N4O5S/c1-14(2)11-17(25-20(28)16(24)12-15-7-4-3-5-8-15)22(30)27-10-6-9-19(27)21(29)26-18(13-33)23(31)32/h3-5,7-8,14,16-19,33H,6,9-13,24H2,1-2H3,(H,25,28)(H,26,29)(H,31,32). The number of aliphatic carboxylic acids is 1. The molecule has 4 unspecified atom stereocenters. The van der Waals surface area contributed by atoms with Crippen molar-refractivity contribution in [2.45, 2.75) is 63.7 Å². The Morgan fingerprint density at radius 2 is 1.82 bits per heavy atom. The Kier molecular flexibility index (Phi) is 10.2. The predicted molar refractivity (Wildman–Crippen MR) is 128 cm³/mol. The Hall–Kier alpha value is -2.59. The van der Waals surface area contributed by atoms with Crippen molar-refractivity contribution >= 4 is 36.3 Å². The minimum atomic E-state index is -1.19. The summed E-state index contributed by atoms with van der Waals surface area (Å²) in [5.41, 5.74) is 7.01. The Morgan fingerprint density at radius 3 is 2.39 bits per heavy atom. The molecular formula is C23H34N4O5S. The summed E-state index contributed by atoms with van der Waals surface area (Å²) >= 11 is 3.96. The number of rotatable bonds is 11. The molecule has 1 aromatic rings. The number of carboxylic acid groups (broad SMARTS) is 1. The van der Waals surface area contributed by atoms with Gasteiger partial charge in [-0.25, -0.2) is 4.79 Å². The van der Waals surface area contributed by atoms with E-state index in [1.807, 2.05) is 44.2 Å².